The molecule has 2 unspecified atom stereocenters. The minimum absolute atomic E-state index is 0.323. The molecule has 160 valence electrons. The fourth-order valence-corrected chi connectivity index (χ4v) is 5.00. The van der Waals surface area contributed by atoms with E-state index in [9.17, 15) is 4.79 Å². The molecule has 0 radical (unpaired) electrons. The van der Waals surface area contributed by atoms with E-state index in [1.807, 2.05) is 13.8 Å². The molecule has 0 saturated carbocycles. The number of ketones is 1. The van der Waals surface area contributed by atoms with Crippen molar-refractivity contribution < 1.29 is 4.79 Å². The topological polar surface area (TPSA) is 26.8 Å². The lowest BCUT2D eigenvalue weighted by molar-refractivity contribution is -0.112. The SMILES string of the molecule is CC#CCCCN1CCN2CCCC3=C(C)C(=C(C)C3=O)CCCN(CC1)CC2. The summed E-state index contributed by atoms with van der Waals surface area (Å²) in [5, 5.41) is 0. The number of rotatable bonds is 3. The molecular weight excluding hydrogens is 358 g/mol. The van der Waals surface area contributed by atoms with Gasteiger partial charge in [0.2, 0.25) is 0 Å². The van der Waals surface area contributed by atoms with Gasteiger partial charge in [0.25, 0.3) is 0 Å². The van der Waals surface area contributed by atoms with Gasteiger partial charge >= 0.3 is 0 Å². The molecule has 2 atom stereocenters. The highest BCUT2D eigenvalue weighted by atomic mass is 16.1. The van der Waals surface area contributed by atoms with Crippen LogP contribution in [-0.4, -0.2) is 79.4 Å². The quantitative estimate of drug-likeness (QED) is 0.538. The minimum atomic E-state index is 0.323. The van der Waals surface area contributed by atoms with Gasteiger partial charge in [-0.2, -0.15) is 0 Å². The number of hydrogen-bond acceptors (Lipinski definition) is 4. The van der Waals surface area contributed by atoms with Crippen LogP contribution in [0, 0.1) is 11.8 Å². The normalized spacial score (nSPS) is 27.3. The van der Waals surface area contributed by atoms with Crippen LogP contribution in [-0.2, 0) is 4.79 Å². The van der Waals surface area contributed by atoms with Gasteiger partial charge in [-0.15, -0.1) is 11.8 Å². The highest BCUT2D eigenvalue weighted by Gasteiger charge is 2.27. The van der Waals surface area contributed by atoms with Crippen molar-refractivity contribution in [2.24, 2.45) is 0 Å². The van der Waals surface area contributed by atoms with Crippen molar-refractivity contribution in [2.75, 3.05) is 58.9 Å². The second-order valence-electron chi connectivity index (χ2n) is 8.80. The van der Waals surface area contributed by atoms with Crippen molar-refractivity contribution in [3.8, 4) is 11.8 Å². The summed E-state index contributed by atoms with van der Waals surface area (Å²) in [6.45, 7) is 16.5. The summed E-state index contributed by atoms with van der Waals surface area (Å²) in [5.74, 6) is 6.54. The van der Waals surface area contributed by atoms with E-state index in [1.54, 1.807) is 0 Å². The number of allylic oxidation sites excluding steroid dienone is 4. The van der Waals surface area contributed by atoms with Crippen LogP contribution in [0.5, 0.6) is 0 Å². The first-order valence-corrected chi connectivity index (χ1v) is 11.6. The average molecular weight is 398 g/mol. The lowest BCUT2D eigenvalue weighted by atomic mass is 10.0. The molecule has 0 amide bonds. The molecule has 3 aliphatic rings. The maximum Gasteiger partial charge on any atom is 0.185 e. The predicted molar refractivity (Wildman–Crippen MR) is 121 cm³/mol. The highest BCUT2D eigenvalue weighted by Crippen LogP contribution is 2.34. The van der Waals surface area contributed by atoms with E-state index in [1.165, 1.54) is 24.1 Å². The number of fused-ring (bicyclic) bond motifs is 4. The molecular formula is C25H39N3O. The van der Waals surface area contributed by atoms with Crippen LogP contribution in [0.15, 0.2) is 22.3 Å². The van der Waals surface area contributed by atoms with Crippen molar-refractivity contribution in [3.05, 3.63) is 22.3 Å². The largest absolute Gasteiger partial charge is 0.301 e. The van der Waals surface area contributed by atoms with E-state index >= 15 is 0 Å². The molecule has 0 N–H and O–H groups in total. The van der Waals surface area contributed by atoms with Gasteiger partial charge in [-0.05, 0) is 83.7 Å². The molecule has 1 aliphatic carbocycles. The zero-order chi connectivity index (χ0) is 20.6. The molecule has 2 heterocycles. The molecule has 0 aromatic heterocycles. The Morgan fingerprint density at radius 3 is 2.00 bits per heavy atom. The van der Waals surface area contributed by atoms with E-state index in [-0.39, 0.29) is 0 Å². The highest BCUT2D eigenvalue weighted by molar-refractivity contribution is 6.12. The van der Waals surface area contributed by atoms with Gasteiger partial charge in [0, 0.05) is 56.8 Å². The first-order valence-electron chi connectivity index (χ1n) is 11.6. The van der Waals surface area contributed by atoms with Crippen molar-refractivity contribution in [2.45, 2.75) is 59.3 Å². The molecule has 0 aromatic carbocycles. The first kappa shape index (κ1) is 22.3. The van der Waals surface area contributed by atoms with Gasteiger partial charge in [-0.25, -0.2) is 0 Å². The van der Waals surface area contributed by atoms with Gasteiger partial charge < -0.3 is 14.7 Å². The Balaban J connectivity index is 1.67. The summed E-state index contributed by atoms with van der Waals surface area (Å²) in [6.07, 6.45) is 6.40. The summed E-state index contributed by atoms with van der Waals surface area (Å²) < 4.78 is 0. The second kappa shape index (κ2) is 11.1. The van der Waals surface area contributed by atoms with Crippen LogP contribution >= 0.6 is 0 Å². The summed E-state index contributed by atoms with van der Waals surface area (Å²) in [4.78, 5) is 20.7. The number of carbonyl (C=O) groups is 1. The standard InChI is InChI=1S/C25H39N3O/c1-4-5-6-7-12-26-15-17-27-13-8-10-23-21(2)24(25(29)22(23)3)11-9-14-28(18-16-26)20-19-27/h6-20H2,1-3H3. The molecule has 0 spiro atoms. The number of hydrogen-bond donors (Lipinski definition) is 0. The van der Waals surface area contributed by atoms with Crippen LogP contribution in [0.1, 0.15) is 59.3 Å². The molecule has 4 bridgehead atoms. The minimum Gasteiger partial charge on any atom is -0.301 e. The Hall–Kier alpha value is -1.41. The van der Waals surface area contributed by atoms with Gasteiger partial charge in [0.1, 0.15) is 0 Å². The van der Waals surface area contributed by atoms with E-state index < -0.39 is 0 Å². The molecule has 29 heavy (non-hydrogen) atoms. The van der Waals surface area contributed by atoms with Gasteiger partial charge in [-0.3, -0.25) is 4.79 Å². The maximum atomic E-state index is 12.7. The van der Waals surface area contributed by atoms with E-state index in [0.717, 1.165) is 95.6 Å². The predicted octanol–water partition coefficient (Wildman–Crippen LogP) is 3.50. The molecule has 4 nitrogen and oxygen atoms in total. The number of unbranched alkanes of at least 4 members (excludes halogenated alkanes) is 1. The Labute approximate surface area is 178 Å². The molecule has 1 fully saturated rings. The molecule has 4 heteroatoms. The van der Waals surface area contributed by atoms with Crippen LogP contribution in [0.25, 0.3) is 0 Å². The number of Topliss-reactive ketones (excluding diaryl/α,β-unsaturated/α-hetero) is 1. The van der Waals surface area contributed by atoms with Gasteiger partial charge in [-0.1, -0.05) is 0 Å². The zero-order valence-corrected chi connectivity index (χ0v) is 18.9. The Bertz CT molecular complexity index is 709. The first-order chi connectivity index (χ1) is 14.1. The van der Waals surface area contributed by atoms with Crippen LogP contribution < -0.4 is 0 Å². The number of nitrogens with zero attached hydrogens (tertiary/aromatic N) is 3. The number of carbonyl (C=O) groups excluding carboxylic acids is 1. The Morgan fingerprint density at radius 1 is 0.793 bits per heavy atom. The van der Waals surface area contributed by atoms with Crippen molar-refractivity contribution in [1.29, 1.82) is 0 Å². The summed E-state index contributed by atoms with van der Waals surface area (Å²) in [7, 11) is 0. The summed E-state index contributed by atoms with van der Waals surface area (Å²) in [5.41, 5.74) is 4.74. The third-order valence-electron chi connectivity index (χ3n) is 6.93. The lowest BCUT2D eigenvalue weighted by Gasteiger charge is -2.25. The summed E-state index contributed by atoms with van der Waals surface area (Å²) >= 11 is 0. The molecule has 2 aliphatic heterocycles. The average Bonchev–Trinajstić information content (AvgIpc) is 2.97. The van der Waals surface area contributed by atoms with Crippen molar-refractivity contribution in [1.82, 2.24) is 14.7 Å². The van der Waals surface area contributed by atoms with Crippen LogP contribution in [0.2, 0.25) is 0 Å². The van der Waals surface area contributed by atoms with Gasteiger partial charge in [0.05, 0.1) is 0 Å². The molecule has 0 aromatic rings. The maximum absolute atomic E-state index is 12.7. The second-order valence-corrected chi connectivity index (χ2v) is 8.80. The van der Waals surface area contributed by atoms with E-state index in [2.05, 4.69) is 33.5 Å². The fraction of sp³-hybridized carbons (Fsp3) is 0.720. The lowest BCUT2D eigenvalue weighted by Crippen LogP contribution is -2.37. The van der Waals surface area contributed by atoms with E-state index in [4.69, 9.17) is 0 Å². The Morgan fingerprint density at radius 2 is 1.38 bits per heavy atom. The summed E-state index contributed by atoms with van der Waals surface area (Å²) in [6, 6.07) is 0. The third kappa shape index (κ3) is 6.04. The third-order valence-corrected chi connectivity index (χ3v) is 6.93. The Kier molecular flexibility index (Phi) is 8.53. The van der Waals surface area contributed by atoms with Crippen molar-refractivity contribution >= 4 is 5.78 Å². The molecule has 1 saturated heterocycles. The van der Waals surface area contributed by atoms with Crippen molar-refractivity contribution in [3.63, 3.8) is 0 Å². The van der Waals surface area contributed by atoms with Crippen LogP contribution in [0.3, 0.4) is 0 Å². The van der Waals surface area contributed by atoms with E-state index in [0.29, 0.717) is 5.78 Å². The van der Waals surface area contributed by atoms with Gasteiger partial charge in [0.15, 0.2) is 5.78 Å². The smallest absolute Gasteiger partial charge is 0.185 e. The fourth-order valence-electron chi connectivity index (χ4n) is 5.00. The monoisotopic (exact) mass is 397 g/mol. The van der Waals surface area contributed by atoms with Crippen LogP contribution in [0.4, 0.5) is 0 Å². The molecule has 3 rings (SSSR count). The zero-order valence-electron chi connectivity index (χ0n) is 18.9.